The molecule has 0 radical (unpaired) electrons. The molecular weight excluding hydrogens is 291 g/mol. The third-order valence-electron chi connectivity index (χ3n) is 3.43. The van der Waals surface area contributed by atoms with E-state index in [9.17, 15) is 28.4 Å². The van der Waals surface area contributed by atoms with Crippen LogP contribution >= 0.6 is 0 Å². The third kappa shape index (κ3) is 3.81. The lowest BCUT2D eigenvalue weighted by molar-refractivity contribution is -0.384. The molecule has 1 fully saturated rings. The van der Waals surface area contributed by atoms with Crippen LogP contribution in [0.2, 0.25) is 0 Å². The van der Waals surface area contributed by atoms with Crippen molar-refractivity contribution in [1.82, 2.24) is 4.98 Å². The summed E-state index contributed by atoms with van der Waals surface area (Å²) in [5.74, 6) is -0.172. The third-order valence-corrected chi connectivity index (χ3v) is 3.43. The summed E-state index contributed by atoms with van der Waals surface area (Å²) in [6.45, 7) is 0. The van der Waals surface area contributed by atoms with Crippen molar-refractivity contribution in [2.45, 2.75) is 44.0 Å². The van der Waals surface area contributed by atoms with Gasteiger partial charge in [-0.2, -0.15) is 13.2 Å². The fourth-order valence-corrected chi connectivity index (χ4v) is 2.27. The van der Waals surface area contributed by atoms with E-state index in [4.69, 9.17) is 0 Å². The van der Waals surface area contributed by atoms with Crippen LogP contribution in [0, 0.1) is 10.1 Å². The standard InChI is InChI=1S/C12H14F3N3O3/c13-12(14,15)7-5-10(18(20)21)11(16-6-7)17-8-1-3-9(19)4-2-8/h5-6,8-9,19H,1-4H2,(H,16,17)/t8-,9-. The topological polar surface area (TPSA) is 88.3 Å². The molecule has 0 saturated heterocycles. The van der Waals surface area contributed by atoms with Crippen molar-refractivity contribution >= 4 is 11.5 Å². The van der Waals surface area contributed by atoms with Crippen LogP contribution in [0.5, 0.6) is 0 Å². The largest absolute Gasteiger partial charge is 0.418 e. The maximum absolute atomic E-state index is 12.6. The van der Waals surface area contributed by atoms with Crippen LogP contribution in [0.1, 0.15) is 31.2 Å². The fourth-order valence-electron chi connectivity index (χ4n) is 2.27. The molecule has 1 aromatic rings. The summed E-state index contributed by atoms with van der Waals surface area (Å²) >= 11 is 0. The first-order valence-electron chi connectivity index (χ1n) is 6.43. The van der Waals surface area contributed by atoms with Crippen molar-refractivity contribution in [3.8, 4) is 0 Å². The number of rotatable bonds is 3. The summed E-state index contributed by atoms with van der Waals surface area (Å²) in [7, 11) is 0. The van der Waals surface area contributed by atoms with Gasteiger partial charge in [0.15, 0.2) is 0 Å². The highest BCUT2D eigenvalue weighted by molar-refractivity contribution is 5.57. The fraction of sp³-hybridized carbons (Fsp3) is 0.583. The number of halogens is 3. The number of anilines is 1. The lowest BCUT2D eigenvalue weighted by Crippen LogP contribution is -2.29. The smallest absolute Gasteiger partial charge is 0.393 e. The lowest BCUT2D eigenvalue weighted by Gasteiger charge is -2.26. The van der Waals surface area contributed by atoms with E-state index >= 15 is 0 Å². The molecule has 21 heavy (non-hydrogen) atoms. The van der Waals surface area contributed by atoms with Gasteiger partial charge >= 0.3 is 11.9 Å². The highest BCUT2D eigenvalue weighted by atomic mass is 19.4. The van der Waals surface area contributed by atoms with E-state index in [-0.39, 0.29) is 11.9 Å². The monoisotopic (exact) mass is 305 g/mol. The lowest BCUT2D eigenvalue weighted by atomic mass is 9.93. The summed E-state index contributed by atoms with van der Waals surface area (Å²) in [4.78, 5) is 13.6. The maximum atomic E-state index is 12.6. The van der Waals surface area contributed by atoms with E-state index in [1.807, 2.05) is 0 Å². The summed E-state index contributed by atoms with van der Waals surface area (Å²) in [6.07, 6.45) is -2.23. The molecule has 1 saturated carbocycles. The molecule has 0 spiro atoms. The van der Waals surface area contributed by atoms with Crippen molar-refractivity contribution in [1.29, 1.82) is 0 Å². The van der Waals surface area contributed by atoms with Crippen LogP contribution in [0.4, 0.5) is 24.7 Å². The predicted octanol–water partition coefficient (Wildman–Crippen LogP) is 2.72. The summed E-state index contributed by atoms with van der Waals surface area (Å²) in [5, 5.41) is 23.1. The molecule has 1 aliphatic rings. The molecule has 6 nitrogen and oxygen atoms in total. The number of aliphatic hydroxyl groups is 1. The van der Waals surface area contributed by atoms with Gasteiger partial charge in [0.2, 0.25) is 5.82 Å². The molecule has 0 aromatic carbocycles. The van der Waals surface area contributed by atoms with Crippen LogP contribution in [-0.4, -0.2) is 27.2 Å². The highest BCUT2D eigenvalue weighted by Gasteiger charge is 2.34. The van der Waals surface area contributed by atoms with E-state index < -0.39 is 28.5 Å². The Kier molecular flexibility index (Phi) is 4.31. The Hall–Kier alpha value is -1.90. The minimum atomic E-state index is -4.68. The van der Waals surface area contributed by atoms with Crippen LogP contribution < -0.4 is 5.32 Å². The number of nitro groups is 1. The molecule has 0 aliphatic heterocycles. The van der Waals surface area contributed by atoms with Gasteiger partial charge in [0, 0.05) is 18.3 Å². The summed E-state index contributed by atoms with van der Waals surface area (Å²) < 4.78 is 37.7. The molecule has 1 aromatic heterocycles. The van der Waals surface area contributed by atoms with Crippen molar-refractivity contribution < 1.29 is 23.2 Å². The second-order valence-corrected chi connectivity index (χ2v) is 5.00. The molecule has 0 atom stereocenters. The minimum absolute atomic E-state index is 0.142. The van der Waals surface area contributed by atoms with E-state index in [0.717, 1.165) is 0 Å². The zero-order valence-corrected chi connectivity index (χ0v) is 10.9. The summed E-state index contributed by atoms with van der Waals surface area (Å²) in [5.41, 5.74) is -1.85. The molecule has 0 bridgehead atoms. The average molecular weight is 305 g/mol. The number of aromatic nitrogens is 1. The first-order valence-corrected chi connectivity index (χ1v) is 6.43. The number of hydrogen-bond donors (Lipinski definition) is 2. The van der Waals surface area contributed by atoms with Crippen LogP contribution in [0.3, 0.4) is 0 Å². The Labute approximate surface area is 118 Å². The van der Waals surface area contributed by atoms with E-state index in [0.29, 0.717) is 37.9 Å². The van der Waals surface area contributed by atoms with Gasteiger partial charge < -0.3 is 10.4 Å². The molecular formula is C12H14F3N3O3. The van der Waals surface area contributed by atoms with Gasteiger partial charge in [0.1, 0.15) is 0 Å². The number of alkyl halides is 3. The van der Waals surface area contributed by atoms with Crippen LogP contribution in [-0.2, 0) is 6.18 Å². The van der Waals surface area contributed by atoms with Crippen LogP contribution in [0.15, 0.2) is 12.3 Å². The van der Waals surface area contributed by atoms with Crippen molar-refractivity contribution in [2.24, 2.45) is 0 Å². The number of nitrogens with zero attached hydrogens (tertiary/aromatic N) is 2. The maximum Gasteiger partial charge on any atom is 0.418 e. The zero-order chi connectivity index (χ0) is 15.6. The Balaban J connectivity index is 2.21. The Bertz CT molecular complexity index is 528. The van der Waals surface area contributed by atoms with E-state index in [1.165, 1.54) is 0 Å². The summed E-state index contributed by atoms with van der Waals surface area (Å²) in [6, 6.07) is 0.337. The van der Waals surface area contributed by atoms with Crippen molar-refractivity contribution in [2.75, 3.05) is 5.32 Å². The van der Waals surface area contributed by atoms with Gasteiger partial charge in [-0.3, -0.25) is 10.1 Å². The second kappa shape index (κ2) is 5.84. The number of pyridine rings is 1. The first-order chi connectivity index (χ1) is 9.77. The highest BCUT2D eigenvalue weighted by Crippen LogP contribution is 2.34. The molecule has 0 amide bonds. The molecule has 2 rings (SSSR count). The number of aliphatic hydroxyl groups excluding tert-OH is 1. The molecule has 1 aliphatic carbocycles. The molecule has 9 heteroatoms. The molecule has 0 unspecified atom stereocenters. The van der Waals surface area contributed by atoms with Gasteiger partial charge in [-0.05, 0) is 25.7 Å². The van der Waals surface area contributed by atoms with Crippen molar-refractivity contribution in [3.05, 3.63) is 27.9 Å². The number of nitrogens with one attached hydrogen (secondary N) is 1. The average Bonchev–Trinajstić information content (AvgIpc) is 2.40. The Morgan fingerprint density at radius 2 is 1.95 bits per heavy atom. The molecule has 116 valence electrons. The van der Waals surface area contributed by atoms with Gasteiger partial charge in [-0.15, -0.1) is 0 Å². The van der Waals surface area contributed by atoms with Gasteiger partial charge in [-0.25, -0.2) is 4.98 Å². The molecule has 1 heterocycles. The normalized spacial score (nSPS) is 22.9. The zero-order valence-electron chi connectivity index (χ0n) is 10.9. The predicted molar refractivity (Wildman–Crippen MR) is 67.8 cm³/mol. The van der Waals surface area contributed by atoms with Crippen LogP contribution in [0.25, 0.3) is 0 Å². The van der Waals surface area contributed by atoms with Crippen molar-refractivity contribution in [3.63, 3.8) is 0 Å². The Morgan fingerprint density at radius 1 is 1.33 bits per heavy atom. The van der Waals surface area contributed by atoms with Gasteiger partial charge in [-0.1, -0.05) is 0 Å². The second-order valence-electron chi connectivity index (χ2n) is 5.00. The van der Waals surface area contributed by atoms with E-state index in [1.54, 1.807) is 0 Å². The number of hydrogen-bond acceptors (Lipinski definition) is 5. The molecule has 2 N–H and O–H groups in total. The van der Waals surface area contributed by atoms with E-state index in [2.05, 4.69) is 10.3 Å². The quantitative estimate of drug-likeness (QED) is 0.662. The van der Waals surface area contributed by atoms with Gasteiger partial charge in [0.05, 0.1) is 16.6 Å². The Morgan fingerprint density at radius 3 is 2.48 bits per heavy atom. The minimum Gasteiger partial charge on any atom is -0.393 e. The SMILES string of the molecule is O=[N+]([O-])c1cc(C(F)(F)F)cnc1N[C@H]1CC[C@H](O)CC1. The van der Waals surface area contributed by atoms with Gasteiger partial charge in [0.25, 0.3) is 0 Å². The first kappa shape index (κ1) is 15.5.